The molecule has 1 rings (SSSR count). The molecule has 5 heteroatoms. The molecule has 0 heterocycles. The normalized spacial score (nSPS) is 19.2. The third kappa shape index (κ3) is 2.97. The summed E-state index contributed by atoms with van der Waals surface area (Å²) in [6, 6.07) is 0. The van der Waals surface area contributed by atoms with Gasteiger partial charge in [-0.25, -0.2) is 0 Å². The highest BCUT2D eigenvalue weighted by molar-refractivity contribution is 5.84. The minimum absolute atomic E-state index is 0.0127. The lowest BCUT2D eigenvalue weighted by Gasteiger charge is -2.42. The molecule has 98 valence electrons. The van der Waals surface area contributed by atoms with E-state index in [0.29, 0.717) is 6.61 Å². The highest BCUT2D eigenvalue weighted by Gasteiger charge is 2.45. The number of aliphatic carboxylic acids is 1. The van der Waals surface area contributed by atoms with Crippen molar-refractivity contribution >= 4 is 11.9 Å². The van der Waals surface area contributed by atoms with Crippen LogP contribution in [0.4, 0.5) is 0 Å². The summed E-state index contributed by atoms with van der Waals surface area (Å²) in [6.07, 6.45) is 2.72. The minimum atomic E-state index is -0.876. The van der Waals surface area contributed by atoms with Crippen LogP contribution >= 0.6 is 0 Å². The van der Waals surface area contributed by atoms with E-state index in [0.717, 1.165) is 19.3 Å². The average Bonchev–Trinajstić information content (AvgIpc) is 2.22. The van der Waals surface area contributed by atoms with Crippen molar-refractivity contribution < 1.29 is 19.4 Å². The number of carboxylic acid groups (broad SMARTS) is 1. The van der Waals surface area contributed by atoms with Crippen molar-refractivity contribution in [1.82, 2.24) is 4.90 Å². The molecule has 1 atom stereocenters. The molecule has 0 radical (unpaired) electrons. The van der Waals surface area contributed by atoms with Gasteiger partial charge >= 0.3 is 5.97 Å². The van der Waals surface area contributed by atoms with Gasteiger partial charge in [0.2, 0.25) is 5.91 Å². The summed E-state index contributed by atoms with van der Waals surface area (Å²) >= 11 is 0. The maximum absolute atomic E-state index is 12.2. The summed E-state index contributed by atoms with van der Waals surface area (Å²) in [5, 5.41) is 8.83. The van der Waals surface area contributed by atoms with Gasteiger partial charge < -0.3 is 14.7 Å². The molecule has 1 fully saturated rings. The van der Waals surface area contributed by atoms with Crippen LogP contribution in [-0.2, 0) is 14.3 Å². The standard InChI is InChI=1S/C12H21NO4/c1-9(10(14)15)7-13(2)11(16)12(8-17-3)5-4-6-12/h9H,4-8H2,1-3H3,(H,14,15). The van der Waals surface area contributed by atoms with Crippen molar-refractivity contribution in [2.75, 3.05) is 27.3 Å². The Bertz CT molecular complexity index is 299. The molecule has 0 saturated heterocycles. The Morgan fingerprint density at radius 1 is 1.47 bits per heavy atom. The molecule has 0 aromatic heterocycles. The van der Waals surface area contributed by atoms with Crippen LogP contribution in [0, 0.1) is 11.3 Å². The zero-order valence-electron chi connectivity index (χ0n) is 10.7. The van der Waals surface area contributed by atoms with E-state index in [1.807, 2.05) is 0 Å². The van der Waals surface area contributed by atoms with Crippen molar-refractivity contribution in [3.63, 3.8) is 0 Å². The van der Waals surface area contributed by atoms with Crippen LogP contribution in [0.5, 0.6) is 0 Å². The van der Waals surface area contributed by atoms with Crippen LogP contribution in [0.3, 0.4) is 0 Å². The van der Waals surface area contributed by atoms with Crippen LogP contribution < -0.4 is 0 Å². The fourth-order valence-corrected chi connectivity index (χ4v) is 2.28. The molecule has 0 aromatic carbocycles. The first kappa shape index (κ1) is 14.0. The molecule has 1 amide bonds. The van der Waals surface area contributed by atoms with E-state index in [1.54, 1.807) is 21.1 Å². The molecule has 1 aliphatic carbocycles. The highest BCUT2D eigenvalue weighted by atomic mass is 16.5. The van der Waals surface area contributed by atoms with Gasteiger partial charge in [0.25, 0.3) is 0 Å². The van der Waals surface area contributed by atoms with Crippen LogP contribution in [0.25, 0.3) is 0 Å². The van der Waals surface area contributed by atoms with E-state index in [2.05, 4.69) is 0 Å². The summed E-state index contributed by atoms with van der Waals surface area (Å²) in [4.78, 5) is 24.5. The zero-order valence-corrected chi connectivity index (χ0v) is 10.7. The third-order valence-corrected chi connectivity index (χ3v) is 3.50. The predicted molar refractivity (Wildman–Crippen MR) is 62.6 cm³/mol. The largest absolute Gasteiger partial charge is 0.481 e. The van der Waals surface area contributed by atoms with Gasteiger partial charge in [0, 0.05) is 20.7 Å². The number of hydrogen-bond acceptors (Lipinski definition) is 3. The Morgan fingerprint density at radius 3 is 2.41 bits per heavy atom. The number of ether oxygens (including phenoxy) is 1. The molecule has 1 unspecified atom stereocenters. The fourth-order valence-electron chi connectivity index (χ4n) is 2.28. The second-order valence-corrected chi connectivity index (χ2v) is 4.99. The topological polar surface area (TPSA) is 66.8 Å². The predicted octanol–water partition coefficient (Wildman–Crippen LogP) is 0.982. The van der Waals surface area contributed by atoms with Crippen molar-refractivity contribution in [3.8, 4) is 0 Å². The molecular weight excluding hydrogens is 222 g/mol. The summed E-state index contributed by atoms with van der Waals surface area (Å²) in [7, 11) is 3.25. The second-order valence-electron chi connectivity index (χ2n) is 4.99. The summed E-state index contributed by atoms with van der Waals surface area (Å²) in [5.74, 6) is -1.40. The molecule has 1 aliphatic rings. The van der Waals surface area contributed by atoms with E-state index < -0.39 is 17.3 Å². The number of carboxylic acids is 1. The Morgan fingerprint density at radius 2 is 2.06 bits per heavy atom. The van der Waals surface area contributed by atoms with E-state index in [1.165, 1.54) is 4.90 Å². The first-order valence-corrected chi connectivity index (χ1v) is 5.90. The lowest BCUT2D eigenvalue weighted by molar-refractivity contribution is -0.152. The Hall–Kier alpha value is -1.10. The van der Waals surface area contributed by atoms with Crippen molar-refractivity contribution in [1.29, 1.82) is 0 Å². The smallest absolute Gasteiger partial charge is 0.308 e. The SMILES string of the molecule is COCC1(C(=O)N(C)CC(C)C(=O)O)CCC1. The van der Waals surface area contributed by atoms with Gasteiger partial charge in [0.15, 0.2) is 0 Å². The van der Waals surface area contributed by atoms with Crippen LogP contribution in [0.2, 0.25) is 0 Å². The molecule has 17 heavy (non-hydrogen) atoms. The highest BCUT2D eigenvalue weighted by Crippen LogP contribution is 2.42. The number of carbonyl (C=O) groups is 2. The van der Waals surface area contributed by atoms with E-state index in [9.17, 15) is 9.59 Å². The maximum atomic E-state index is 12.2. The number of amides is 1. The summed E-state index contributed by atoms with van der Waals surface area (Å²) in [5.41, 5.74) is -0.401. The summed E-state index contributed by atoms with van der Waals surface area (Å²) in [6.45, 7) is 2.28. The van der Waals surface area contributed by atoms with Gasteiger partial charge in [-0.1, -0.05) is 13.3 Å². The van der Waals surface area contributed by atoms with Crippen molar-refractivity contribution in [3.05, 3.63) is 0 Å². The molecule has 0 aromatic rings. The number of hydrogen-bond donors (Lipinski definition) is 1. The molecular formula is C12H21NO4. The Kier molecular flexibility index (Phi) is 4.51. The quantitative estimate of drug-likeness (QED) is 0.755. The van der Waals surface area contributed by atoms with Crippen LogP contribution in [-0.4, -0.2) is 49.2 Å². The van der Waals surface area contributed by atoms with E-state index in [-0.39, 0.29) is 12.5 Å². The van der Waals surface area contributed by atoms with Crippen LogP contribution in [0.15, 0.2) is 0 Å². The molecule has 1 saturated carbocycles. The monoisotopic (exact) mass is 243 g/mol. The molecule has 0 aliphatic heterocycles. The average molecular weight is 243 g/mol. The lowest BCUT2D eigenvalue weighted by Crippen LogP contribution is -2.50. The first-order chi connectivity index (χ1) is 7.93. The van der Waals surface area contributed by atoms with Gasteiger partial charge in [-0.3, -0.25) is 9.59 Å². The van der Waals surface area contributed by atoms with Gasteiger partial charge in [-0.2, -0.15) is 0 Å². The van der Waals surface area contributed by atoms with Crippen LogP contribution in [0.1, 0.15) is 26.2 Å². The van der Waals surface area contributed by atoms with Crippen molar-refractivity contribution in [2.24, 2.45) is 11.3 Å². The molecule has 5 nitrogen and oxygen atoms in total. The lowest BCUT2D eigenvalue weighted by atomic mass is 9.68. The maximum Gasteiger partial charge on any atom is 0.308 e. The number of nitrogens with zero attached hydrogens (tertiary/aromatic N) is 1. The Labute approximate surface area is 102 Å². The second kappa shape index (κ2) is 5.49. The minimum Gasteiger partial charge on any atom is -0.481 e. The zero-order chi connectivity index (χ0) is 13.1. The van der Waals surface area contributed by atoms with Crippen molar-refractivity contribution in [2.45, 2.75) is 26.2 Å². The van der Waals surface area contributed by atoms with Gasteiger partial charge in [0.1, 0.15) is 0 Å². The number of carbonyl (C=O) groups excluding carboxylic acids is 1. The van der Waals surface area contributed by atoms with E-state index in [4.69, 9.17) is 9.84 Å². The first-order valence-electron chi connectivity index (χ1n) is 5.90. The Balaban J connectivity index is 2.59. The third-order valence-electron chi connectivity index (χ3n) is 3.50. The number of methoxy groups -OCH3 is 1. The molecule has 0 spiro atoms. The van der Waals surface area contributed by atoms with Gasteiger partial charge in [0.05, 0.1) is 17.9 Å². The summed E-state index contributed by atoms with van der Waals surface area (Å²) < 4.78 is 5.11. The fraction of sp³-hybridized carbons (Fsp3) is 0.833. The molecule has 0 bridgehead atoms. The number of rotatable bonds is 6. The van der Waals surface area contributed by atoms with Gasteiger partial charge in [-0.05, 0) is 12.8 Å². The van der Waals surface area contributed by atoms with E-state index >= 15 is 0 Å². The van der Waals surface area contributed by atoms with Gasteiger partial charge in [-0.15, -0.1) is 0 Å². The molecule has 1 N–H and O–H groups in total.